The summed E-state index contributed by atoms with van der Waals surface area (Å²) in [4.78, 5) is 31.8. The van der Waals surface area contributed by atoms with Crippen LogP contribution in [-0.2, 0) is 26.3 Å². The number of amides is 2. The molecule has 1 aromatic heterocycles. The molecule has 2 aromatic carbocycles. The first-order chi connectivity index (χ1) is 15.4. The Labute approximate surface area is 183 Å². The molecule has 11 heteroatoms. The molecule has 2 aliphatic heterocycles. The number of hydrogen-bond acceptors (Lipinski definition) is 6. The zero-order valence-electron chi connectivity index (χ0n) is 16.6. The first kappa shape index (κ1) is 20.2. The van der Waals surface area contributed by atoms with E-state index >= 15 is 0 Å². The molecular weight excluding hydrogens is 436 g/mol. The van der Waals surface area contributed by atoms with Gasteiger partial charge in [0.15, 0.2) is 6.04 Å². The first-order valence-corrected chi connectivity index (χ1v) is 11.2. The lowest BCUT2D eigenvalue weighted by Crippen LogP contribution is -2.38. The van der Waals surface area contributed by atoms with Crippen LogP contribution in [0.3, 0.4) is 0 Å². The molecule has 2 aliphatic rings. The lowest BCUT2D eigenvalue weighted by atomic mass is 9.98. The van der Waals surface area contributed by atoms with Gasteiger partial charge in [-0.15, -0.1) is 0 Å². The number of urea groups is 1. The molecule has 1 fully saturated rings. The summed E-state index contributed by atoms with van der Waals surface area (Å²) in [5.74, 6) is -1.30. The van der Waals surface area contributed by atoms with E-state index in [4.69, 9.17) is 4.84 Å². The van der Waals surface area contributed by atoms with Crippen molar-refractivity contribution in [2.45, 2.75) is 23.6 Å². The zero-order valence-corrected chi connectivity index (χ0v) is 17.4. The number of carboxylic acids is 1. The summed E-state index contributed by atoms with van der Waals surface area (Å²) in [5, 5.41) is 15.0. The van der Waals surface area contributed by atoms with Crippen LogP contribution >= 0.6 is 0 Å². The van der Waals surface area contributed by atoms with Crippen molar-refractivity contribution in [2.24, 2.45) is 0 Å². The number of carboxylic acid groups (broad SMARTS) is 1. The first-order valence-electron chi connectivity index (χ1n) is 9.77. The number of aromatic nitrogens is 2. The van der Waals surface area contributed by atoms with Crippen molar-refractivity contribution in [3.05, 3.63) is 83.7 Å². The highest BCUT2D eigenvalue weighted by atomic mass is 32.2. The van der Waals surface area contributed by atoms with Crippen molar-refractivity contribution < 1.29 is 28.0 Å². The Hall–Kier alpha value is -3.70. The van der Waals surface area contributed by atoms with Gasteiger partial charge in [0.2, 0.25) is 0 Å². The third-order valence-corrected chi connectivity index (χ3v) is 7.05. The lowest BCUT2D eigenvalue weighted by molar-refractivity contribution is -0.143. The van der Waals surface area contributed by atoms with Gasteiger partial charge < -0.3 is 10.0 Å². The molecule has 1 N–H and O–H groups in total. The van der Waals surface area contributed by atoms with Crippen molar-refractivity contribution in [3.63, 3.8) is 0 Å². The largest absolute Gasteiger partial charge is 0.479 e. The molecule has 0 radical (unpaired) electrons. The van der Waals surface area contributed by atoms with Crippen LogP contribution < -0.4 is 0 Å². The lowest BCUT2D eigenvalue weighted by Gasteiger charge is -2.26. The molecule has 164 valence electrons. The molecule has 3 aromatic rings. The molecule has 5 rings (SSSR count). The number of benzene rings is 2. The number of rotatable bonds is 6. The molecule has 0 spiro atoms. The summed E-state index contributed by atoms with van der Waals surface area (Å²) < 4.78 is 26.8. The number of nitrogens with zero attached hydrogens (tertiary/aromatic N) is 4. The minimum absolute atomic E-state index is 0.00687. The molecule has 0 unspecified atom stereocenters. The van der Waals surface area contributed by atoms with Gasteiger partial charge in [-0.3, -0.25) is 4.84 Å². The van der Waals surface area contributed by atoms with Gasteiger partial charge in [-0.1, -0.05) is 48.5 Å². The summed E-state index contributed by atoms with van der Waals surface area (Å²) >= 11 is 0. The summed E-state index contributed by atoms with van der Waals surface area (Å²) in [6, 6.07) is 14.2. The predicted molar refractivity (Wildman–Crippen MR) is 110 cm³/mol. The van der Waals surface area contributed by atoms with Crippen molar-refractivity contribution in [3.8, 4) is 0 Å². The predicted octanol–water partition coefficient (Wildman–Crippen LogP) is 2.17. The molecule has 0 aliphatic carbocycles. The van der Waals surface area contributed by atoms with Crippen LogP contribution in [0.25, 0.3) is 0 Å². The summed E-state index contributed by atoms with van der Waals surface area (Å²) in [7, 11) is -4.04. The van der Waals surface area contributed by atoms with E-state index < -0.39 is 34.1 Å². The molecule has 10 nitrogen and oxygen atoms in total. The Bertz CT molecular complexity index is 1290. The normalized spacial score (nSPS) is 19.8. The maximum Gasteiger partial charge on any atom is 0.345 e. The van der Waals surface area contributed by atoms with E-state index in [0.717, 1.165) is 19.6 Å². The third kappa shape index (κ3) is 3.13. The highest BCUT2D eigenvalue weighted by Gasteiger charge is 2.53. The Morgan fingerprint density at radius 1 is 1.09 bits per heavy atom. The molecule has 2 bridgehead atoms. The number of hydrogen-bond donors (Lipinski definition) is 1. The number of fused-ring (bicyclic) bond motifs is 4. The molecule has 1 saturated heterocycles. The van der Waals surface area contributed by atoms with Crippen LogP contribution in [0.5, 0.6) is 0 Å². The Morgan fingerprint density at radius 2 is 1.75 bits per heavy atom. The van der Waals surface area contributed by atoms with Crippen LogP contribution in [-0.4, -0.2) is 51.2 Å². The molecule has 0 saturated carbocycles. The van der Waals surface area contributed by atoms with Gasteiger partial charge in [0.25, 0.3) is 10.0 Å². The fourth-order valence-electron chi connectivity index (χ4n) is 3.97. The van der Waals surface area contributed by atoms with E-state index in [-0.39, 0.29) is 23.7 Å². The van der Waals surface area contributed by atoms with Crippen molar-refractivity contribution in [1.82, 2.24) is 19.1 Å². The standard InChI is InChI=1S/C21H18N4O6S/c26-20(27)19-18-16(11-24(22-18)32(29,30)15-9-5-2-6-10-15)17-12-23(19)21(28)25(17)31-13-14-7-3-1-4-8-14/h1-11,17,19H,12-13H2,(H,26,27)/t17-,19-/m0/s1. The van der Waals surface area contributed by atoms with E-state index in [2.05, 4.69) is 5.10 Å². The average molecular weight is 454 g/mol. The second-order valence-electron chi connectivity index (χ2n) is 7.44. The zero-order chi connectivity index (χ0) is 22.5. The maximum atomic E-state index is 13.0. The van der Waals surface area contributed by atoms with Crippen LogP contribution in [0.4, 0.5) is 4.79 Å². The Kier molecular flexibility index (Phi) is 4.72. The number of carbonyl (C=O) groups is 2. The molecule has 2 atom stereocenters. The summed E-state index contributed by atoms with van der Waals surface area (Å²) in [6.45, 7) is 0.148. The van der Waals surface area contributed by atoms with E-state index in [9.17, 15) is 23.1 Å². The third-order valence-electron chi connectivity index (χ3n) is 5.50. The molecular formula is C21H18N4O6S. The van der Waals surface area contributed by atoms with Crippen molar-refractivity contribution >= 4 is 22.0 Å². The molecule has 2 amide bonds. The van der Waals surface area contributed by atoms with Crippen LogP contribution in [0.1, 0.15) is 28.9 Å². The maximum absolute atomic E-state index is 13.0. The number of hydroxylamine groups is 2. The van der Waals surface area contributed by atoms with E-state index in [1.807, 2.05) is 30.3 Å². The van der Waals surface area contributed by atoms with Gasteiger partial charge in [0.1, 0.15) is 18.3 Å². The number of aliphatic carboxylic acids is 1. The second kappa shape index (κ2) is 7.46. The van der Waals surface area contributed by atoms with Crippen LogP contribution in [0.15, 0.2) is 71.8 Å². The average Bonchev–Trinajstić information content (AvgIpc) is 3.36. The van der Waals surface area contributed by atoms with Gasteiger partial charge in [-0.25, -0.2) is 9.59 Å². The SMILES string of the molecule is O=C(O)[C@@H]1c2nn(S(=O)(=O)c3ccccc3)cc2[C@@H]2CN1C(=O)N2OCc1ccccc1. The van der Waals surface area contributed by atoms with Crippen LogP contribution in [0.2, 0.25) is 0 Å². The van der Waals surface area contributed by atoms with E-state index in [0.29, 0.717) is 5.56 Å². The summed E-state index contributed by atoms with van der Waals surface area (Å²) in [6.07, 6.45) is 1.27. The fourth-order valence-corrected chi connectivity index (χ4v) is 5.14. The molecule has 32 heavy (non-hydrogen) atoms. The van der Waals surface area contributed by atoms with Crippen molar-refractivity contribution in [2.75, 3.05) is 6.54 Å². The smallest absolute Gasteiger partial charge is 0.345 e. The molecule has 3 heterocycles. The van der Waals surface area contributed by atoms with Gasteiger partial charge >= 0.3 is 12.0 Å². The van der Waals surface area contributed by atoms with E-state index in [1.54, 1.807) is 18.2 Å². The minimum Gasteiger partial charge on any atom is -0.479 e. The van der Waals surface area contributed by atoms with Crippen LogP contribution in [0, 0.1) is 0 Å². The van der Waals surface area contributed by atoms with E-state index in [1.165, 1.54) is 18.3 Å². The summed E-state index contributed by atoms with van der Waals surface area (Å²) in [5.41, 5.74) is 1.16. The second-order valence-corrected chi connectivity index (χ2v) is 9.23. The Morgan fingerprint density at radius 3 is 2.41 bits per heavy atom. The highest BCUT2D eigenvalue weighted by molar-refractivity contribution is 7.89. The Balaban J connectivity index is 1.53. The monoisotopic (exact) mass is 454 g/mol. The van der Waals surface area contributed by atoms with Gasteiger partial charge in [0.05, 0.1) is 11.4 Å². The minimum atomic E-state index is -4.04. The van der Waals surface area contributed by atoms with Gasteiger partial charge in [0, 0.05) is 11.8 Å². The quantitative estimate of drug-likeness (QED) is 0.606. The van der Waals surface area contributed by atoms with Crippen molar-refractivity contribution in [1.29, 1.82) is 0 Å². The van der Waals surface area contributed by atoms with Gasteiger partial charge in [-0.05, 0) is 17.7 Å². The van der Waals surface area contributed by atoms with Gasteiger partial charge in [-0.2, -0.15) is 22.7 Å². The highest BCUT2D eigenvalue weighted by Crippen LogP contribution is 2.44. The fraction of sp³-hybridized carbons (Fsp3) is 0.190. The number of carbonyl (C=O) groups excluding carboxylic acids is 1. The topological polar surface area (TPSA) is 122 Å².